The predicted octanol–water partition coefficient (Wildman–Crippen LogP) is 10.2. The van der Waals surface area contributed by atoms with Gasteiger partial charge in [0, 0.05) is 12.8 Å². The minimum Gasteiger partial charge on any atom is -0.462 e. The molecule has 2 N–H and O–H groups in total. The Bertz CT molecular complexity index is 932. The van der Waals surface area contributed by atoms with Crippen LogP contribution in [0.4, 0.5) is 0 Å². The van der Waals surface area contributed by atoms with Gasteiger partial charge in [-0.2, -0.15) is 0 Å². The van der Waals surface area contributed by atoms with E-state index >= 15 is 0 Å². The van der Waals surface area contributed by atoms with Crippen molar-refractivity contribution in [3.63, 3.8) is 0 Å². The fourth-order valence-electron chi connectivity index (χ4n) is 4.44. The number of carbonyl (C=O) groups is 2. The zero-order chi connectivity index (χ0) is 34.0. The van der Waals surface area contributed by atoms with Gasteiger partial charge in [0.15, 0.2) is 6.10 Å². The monoisotopic (exact) mass is 666 g/mol. The maximum Gasteiger partial charge on any atom is 0.469 e. The molecule has 0 aliphatic carbocycles. The van der Waals surface area contributed by atoms with Crippen LogP contribution in [0.25, 0.3) is 0 Å². The summed E-state index contributed by atoms with van der Waals surface area (Å²) < 4.78 is 26.1. The predicted molar refractivity (Wildman–Crippen MR) is 188 cm³/mol. The number of unbranched alkanes of at least 4 members (excludes halogenated alkanes) is 11. The quantitative estimate of drug-likeness (QED) is 0.0325. The summed E-state index contributed by atoms with van der Waals surface area (Å²) >= 11 is 0. The Balaban J connectivity index is 4.12. The van der Waals surface area contributed by atoms with Crippen molar-refractivity contribution < 1.29 is 37.9 Å². The Morgan fingerprint density at radius 2 is 1.09 bits per heavy atom. The van der Waals surface area contributed by atoms with Crippen molar-refractivity contribution in [3.05, 3.63) is 60.8 Å². The van der Waals surface area contributed by atoms with Crippen molar-refractivity contribution in [2.75, 3.05) is 13.2 Å². The van der Waals surface area contributed by atoms with Crippen LogP contribution in [-0.2, 0) is 28.2 Å². The lowest BCUT2D eigenvalue weighted by Crippen LogP contribution is -2.29. The summed E-state index contributed by atoms with van der Waals surface area (Å²) in [6, 6.07) is 0. The van der Waals surface area contributed by atoms with Crippen LogP contribution in [0.15, 0.2) is 60.8 Å². The van der Waals surface area contributed by atoms with Gasteiger partial charge in [-0.25, -0.2) is 4.57 Å². The normalized spacial score (nSPS) is 13.2. The number of carbonyl (C=O) groups excluding carboxylic acids is 2. The average molecular weight is 667 g/mol. The first-order chi connectivity index (χ1) is 22.3. The van der Waals surface area contributed by atoms with Gasteiger partial charge in [0.05, 0.1) is 6.61 Å². The summed E-state index contributed by atoms with van der Waals surface area (Å²) in [5, 5.41) is 0. The molecule has 1 atom stereocenters. The Labute approximate surface area is 279 Å². The number of esters is 2. The second kappa shape index (κ2) is 32.7. The molecule has 8 nitrogen and oxygen atoms in total. The fourth-order valence-corrected chi connectivity index (χ4v) is 4.80. The van der Waals surface area contributed by atoms with Crippen LogP contribution in [0.2, 0.25) is 0 Å². The lowest BCUT2D eigenvalue weighted by molar-refractivity contribution is -0.161. The van der Waals surface area contributed by atoms with Crippen LogP contribution < -0.4 is 0 Å². The van der Waals surface area contributed by atoms with E-state index in [9.17, 15) is 14.2 Å². The van der Waals surface area contributed by atoms with Gasteiger partial charge in [-0.1, -0.05) is 126 Å². The van der Waals surface area contributed by atoms with E-state index in [1.807, 2.05) is 12.2 Å². The molecule has 0 saturated carbocycles. The van der Waals surface area contributed by atoms with Gasteiger partial charge in [-0.3, -0.25) is 14.1 Å². The highest BCUT2D eigenvalue weighted by atomic mass is 31.2. The smallest absolute Gasteiger partial charge is 0.462 e. The Hall–Kier alpha value is -2.25. The van der Waals surface area contributed by atoms with Gasteiger partial charge >= 0.3 is 19.8 Å². The average Bonchev–Trinajstić information content (AvgIpc) is 3.02. The Kier molecular flexibility index (Phi) is 31.1. The van der Waals surface area contributed by atoms with E-state index in [-0.39, 0.29) is 19.4 Å². The van der Waals surface area contributed by atoms with Crippen molar-refractivity contribution in [3.8, 4) is 0 Å². The number of phosphoric acid groups is 1. The summed E-state index contributed by atoms with van der Waals surface area (Å²) in [5.41, 5.74) is 0. The Morgan fingerprint density at radius 1 is 0.587 bits per heavy atom. The molecule has 0 aromatic carbocycles. The standard InChI is InChI=1S/C37H63O8P/c1-3-5-7-9-11-13-15-17-18-20-21-23-25-27-29-31-36(38)43-33-35(34-44-46(40,41)42)45-37(39)32-30-28-26-24-22-19-16-14-12-10-8-6-4-2/h6,8,12,14,17-19,22,26,28,35H,3-5,7,9-11,13,15-16,20-21,23-25,27,29-34H2,1-2H3,(H2,40,41,42)/b8-6-,14-12-,18-17-,22-19-,28-26-. The third-order valence-electron chi connectivity index (χ3n) is 7.03. The van der Waals surface area contributed by atoms with E-state index in [2.05, 4.69) is 67.0 Å². The first kappa shape index (κ1) is 43.8. The maximum absolute atomic E-state index is 12.3. The second-order valence-electron chi connectivity index (χ2n) is 11.5. The van der Waals surface area contributed by atoms with Gasteiger partial charge in [-0.05, 0) is 64.2 Å². The molecule has 0 radical (unpaired) electrons. The van der Waals surface area contributed by atoms with Gasteiger partial charge in [0.25, 0.3) is 0 Å². The molecule has 0 amide bonds. The summed E-state index contributed by atoms with van der Waals surface area (Å²) in [6.45, 7) is 3.46. The molecule has 0 aliphatic rings. The molecule has 0 heterocycles. The molecule has 0 aromatic rings. The summed E-state index contributed by atoms with van der Waals surface area (Å²) in [6.07, 6.45) is 39.6. The molecule has 264 valence electrons. The highest BCUT2D eigenvalue weighted by Crippen LogP contribution is 2.35. The Morgan fingerprint density at radius 3 is 1.65 bits per heavy atom. The number of allylic oxidation sites excluding steroid dienone is 10. The van der Waals surface area contributed by atoms with Crippen LogP contribution in [0.5, 0.6) is 0 Å². The van der Waals surface area contributed by atoms with E-state index in [0.29, 0.717) is 12.8 Å². The zero-order valence-electron chi connectivity index (χ0n) is 28.7. The van der Waals surface area contributed by atoms with Crippen molar-refractivity contribution in [1.82, 2.24) is 0 Å². The number of phosphoric ester groups is 1. The van der Waals surface area contributed by atoms with E-state index in [1.54, 1.807) is 0 Å². The van der Waals surface area contributed by atoms with Crippen LogP contribution >= 0.6 is 7.82 Å². The van der Waals surface area contributed by atoms with Crippen LogP contribution in [0.1, 0.15) is 142 Å². The van der Waals surface area contributed by atoms with Gasteiger partial charge in [-0.15, -0.1) is 0 Å². The molecule has 9 heteroatoms. The maximum atomic E-state index is 12.3. The minimum absolute atomic E-state index is 0.0868. The first-order valence-corrected chi connectivity index (χ1v) is 19.1. The highest BCUT2D eigenvalue weighted by Gasteiger charge is 2.22. The van der Waals surface area contributed by atoms with Crippen molar-refractivity contribution in [1.29, 1.82) is 0 Å². The van der Waals surface area contributed by atoms with Gasteiger partial charge < -0.3 is 19.3 Å². The fraction of sp³-hybridized carbons (Fsp3) is 0.676. The molecule has 0 spiro atoms. The van der Waals surface area contributed by atoms with Crippen LogP contribution in [-0.4, -0.2) is 41.0 Å². The van der Waals surface area contributed by atoms with E-state index in [1.165, 1.54) is 44.9 Å². The van der Waals surface area contributed by atoms with Crippen molar-refractivity contribution >= 4 is 19.8 Å². The summed E-state index contributed by atoms with van der Waals surface area (Å²) in [5.74, 6) is -0.996. The van der Waals surface area contributed by atoms with Crippen LogP contribution in [0.3, 0.4) is 0 Å². The lowest BCUT2D eigenvalue weighted by Gasteiger charge is -2.18. The molecule has 0 fully saturated rings. The molecule has 1 unspecified atom stereocenters. The SMILES string of the molecule is CC/C=C\C/C=C\C/C=C\C/C=C\CCC(=O)OC(COC(=O)CCCCCCC/C=C\CCCCCCCC)COP(=O)(O)O. The summed E-state index contributed by atoms with van der Waals surface area (Å²) in [7, 11) is -4.77. The first-order valence-electron chi connectivity index (χ1n) is 17.6. The number of hydrogen-bond donors (Lipinski definition) is 2. The molecular formula is C37H63O8P. The minimum atomic E-state index is -4.77. The second-order valence-corrected chi connectivity index (χ2v) is 12.7. The lowest BCUT2D eigenvalue weighted by atomic mass is 10.1. The molecule has 0 aromatic heterocycles. The highest BCUT2D eigenvalue weighted by molar-refractivity contribution is 7.46. The van der Waals surface area contributed by atoms with Crippen molar-refractivity contribution in [2.45, 2.75) is 148 Å². The van der Waals surface area contributed by atoms with E-state index in [4.69, 9.17) is 19.3 Å². The molecule has 0 bridgehead atoms. The largest absolute Gasteiger partial charge is 0.469 e. The number of hydrogen-bond acceptors (Lipinski definition) is 6. The van der Waals surface area contributed by atoms with Crippen molar-refractivity contribution in [2.24, 2.45) is 0 Å². The molecule has 0 rings (SSSR count). The van der Waals surface area contributed by atoms with Gasteiger partial charge in [0.1, 0.15) is 6.61 Å². The molecular weight excluding hydrogens is 603 g/mol. The third kappa shape index (κ3) is 34.6. The summed E-state index contributed by atoms with van der Waals surface area (Å²) in [4.78, 5) is 42.5. The van der Waals surface area contributed by atoms with E-state index in [0.717, 1.165) is 57.8 Å². The van der Waals surface area contributed by atoms with Crippen LogP contribution in [0, 0.1) is 0 Å². The number of ether oxygens (including phenoxy) is 2. The molecule has 0 saturated heterocycles. The van der Waals surface area contributed by atoms with Gasteiger partial charge in [0.2, 0.25) is 0 Å². The zero-order valence-corrected chi connectivity index (χ0v) is 29.6. The third-order valence-corrected chi connectivity index (χ3v) is 7.52. The van der Waals surface area contributed by atoms with E-state index < -0.39 is 32.5 Å². The molecule has 46 heavy (non-hydrogen) atoms. The topological polar surface area (TPSA) is 119 Å². The number of rotatable bonds is 31. The molecule has 0 aliphatic heterocycles.